The summed E-state index contributed by atoms with van der Waals surface area (Å²) < 4.78 is 1.06. The summed E-state index contributed by atoms with van der Waals surface area (Å²) >= 11 is 5.06. The van der Waals surface area contributed by atoms with Crippen molar-refractivity contribution >= 4 is 39.5 Å². The second kappa shape index (κ2) is 8.58. The van der Waals surface area contributed by atoms with Gasteiger partial charge >= 0.3 is 0 Å². The smallest absolute Gasteiger partial charge is 0.233 e. The Hall–Kier alpha value is -1.01. The Morgan fingerprint density at radius 1 is 1.12 bits per heavy atom. The number of rotatable bonds is 4. The number of thioether (sulfide) groups is 1. The first-order valence-corrected chi connectivity index (χ1v) is 10.8. The van der Waals surface area contributed by atoms with E-state index in [1.165, 1.54) is 18.4 Å². The summed E-state index contributed by atoms with van der Waals surface area (Å²) in [5, 5.41) is 0. The van der Waals surface area contributed by atoms with Gasteiger partial charge in [0, 0.05) is 41.5 Å². The molecule has 136 valence electrons. The molecule has 1 aromatic carbocycles. The van der Waals surface area contributed by atoms with E-state index >= 15 is 0 Å². The van der Waals surface area contributed by atoms with Crippen molar-refractivity contribution in [3.8, 4) is 0 Å². The molecule has 0 radical (unpaired) electrons. The van der Waals surface area contributed by atoms with Crippen LogP contribution in [0.1, 0.15) is 31.2 Å². The predicted molar refractivity (Wildman–Crippen MR) is 105 cm³/mol. The van der Waals surface area contributed by atoms with Crippen molar-refractivity contribution in [1.82, 2.24) is 9.80 Å². The first-order valence-electron chi connectivity index (χ1n) is 9.00. The molecule has 25 heavy (non-hydrogen) atoms. The van der Waals surface area contributed by atoms with Crippen LogP contribution in [0.5, 0.6) is 0 Å². The number of hydrogen-bond acceptors (Lipinski definition) is 3. The molecular weight excluding hydrogens is 400 g/mol. The number of carbonyl (C=O) groups is 2. The Morgan fingerprint density at radius 3 is 2.40 bits per heavy atom. The standard InChI is InChI=1S/C19H25BrN2O2S/c1-14-12-16(20)6-7-17(14)25-13-18(23)21-8-10-22(11-9-21)19(24)15-4-2-3-5-15/h6-7,12,15H,2-5,8-11,13H2,1H3. The zero-order valence-electron chi connectivity index (χ0n) is 14.7. The van der Waals surface area contributed by atoms with Gasteiger partial charge < -0.3 is 9.80 Å². The third kappa shape index (κ3) is 4.79. The van der Waals surface area contributed by atoms with E-state index in [0.717, 1.165) is 22.2 Å². The highest BCUT2D eigenvalue weighted by molar-refractivity contribution is 9.10. The van der Waals surface area contributed by atoms with Crippen LogP contribution in [0.3, 0.4) is 0 Å². The molecule has 0 bridgehead atoms. The number of benzene rings is 1. The van der Waals surface area contributed by atoms with Crippen LogP contribution < -0.4 is 0 Å². The van der Waals surface area contributed by atoms with Crippen LogP contribution in [0.15, 0.2) is 27.6 Å². The molecular formula is C19H25BrN2O2S. The van der Waals surface area contributed by atoms with Crippen LogP contribution in [-0.4, -0.2) is 53.5 Å². The van der Waals surface area contributed by atoms with E-state index < -0.39 is 0 Å². The fraction of sp³-hybridized carbons (Fsp3) is 0.579. The maximum absolute atomic E-state index is 12.5. The average Bonchev–Trinajstić information content (AvgIpc) is 3.15. The van der Waals surface area contributed by atoms with Crippen LogP contribution in [-0.2, 0) is 9.59 Å². The number of halogens is 1. The Bertz CT molecular complexity index is 638. The molecule has 1 saturated heterocycles. The molecule has 0 aromatic heterocycles. The van der Waals surface area contributed by atoms with Crippen LogP contribution in [0.2, 0.25) is 0 Å². The van der Waals surface area contributed by atoms with E-state index in [0.29, 0.717) is 37.8 Å². The number of piperazine rings is 1. The van der Waals surface area contributed by atoms with Gasteiger partial charge in [-0.1, -0.05) is 28.8 Å². The van der Waals surface area contributed by atoms with Crippen molar-refractivity contribution in [3.63, 3.8) is 0 Å². The third-order valence-corrected chi connectivity index (χ3v) is 6.79. The maximum atomic E-state index is 12.5. The van der Waals surface area contributed by atoms with Gasteiger partial charge in [0.15, 0.2) is 0 Å². The second-order valence-corrected chi connectivity index (χ2v) is 8.82. The monoisotopic (exact) mass is 424 g/mol. The molecule has 1 heterocycles. The minimum Gasteiger partial charge on any atom is -0.339 e. The molecule has 2 amide bonds. The summed E-state index contributed by atoms with van der Waals surface area (Å²) in [7, 11) is 0. The zero-order valence-corrected chi connectivity index (χ0v) is 17.1. The summed E-state index contributed by atoms with van der Waals surface area (Å²) in [6.45, 7) is 4.76. The van der Waals surface area contributed by atoms with Crippen molar-refractivity contribution in [3.05, 3.63) is 28.2 Å². The highest BCUT2D eigenvalue weighted by Gasteiger charge is 2.30. The van der Waals surface area contributed by atoms with Crippen LogP contribution in [0.25, 0.3) is 0 Å². The molecule has 4 nitrogen and oxygen atoms in total. The first-order chi connectivity index (χ1) is 12.0. The lowest BCUT2D eigenvalue weighted by Gasteiger charge is -2.36. The summed E-state index contributed by atoms with van der Waals surface area (Å²) in [5.74, 6) is 1.17. The molecule has 0 unspecified atom stereocenters. The number of carbonyl (C=O) groups excluding carboxylic acids is 2. The lowest BCUT2D eigenvalue weighted by atomic mass is 10.1. The number of hydrogen-bond donors (Lipinski definition) is 0. The summed E-state index contributed by atoms with van der Waals surface area (Å²) in [6.07, 6.45) is 4.45. The molecule has 2 fully saturated rings. The number of nitrogens with zero attached hydrogens (tertiary/aromatic N) is 2. The van der Waals surface area contributed by atoms with Crippen molar-refractivity contribution < 1.29 is 9.59 Å². The van der Waals surface area contributed by atoms with Gasteiger partial charge in [-0.3, -0.25) is 9.59 Å². The van der Waals surface area contributed by atoms with Gasteiger partial charge in [-0.2, -0.15) is 0 Å². The number of amides is 2. The predicted octanol–water partition coefficient (Wildman–Crippen LogP) is 3.71. The fourth-order valence-electron chi connectivity index (χ4n) is 3.61. The Morgan fingerprint density at radius 2 is 1.76 bits per heavy atom. The van der Waals surface area contributed by atoms with Crippen LogP contribution in [0, 0.1) is 12.8 Å². The minimum absolute atomic E-state index is 0.167. The van der Waals surface area contributed by atoms with Gasteiger partial charge in [0.1, 0.15) is 0 Å². The first kappa shape index (κ1) is 18.8. The lowest BCUT2D eigenvalue weighted by Crippen LogP contribution is -2.52. The van der Waals surface area contributed by atoms with Crippen molar-refractivity contribution in [2.24, 2.45) is 5.92 Å². The highest BCUT2D eigenvalue weighted by Crippen LogP contribution is 2.28. The molecule has 2 aliphatic rings. The average molecular weight is 425 g/mol. The maximum Gasteiger partial charge on any atom is 0.233 e. The Labute approximate surface area is 162 Å². The van der Waals surface area contributed by atoms with E-state index in [9.17, 15) is 9.59 Å². The van der Waals surface area contributed by atoms with Crippen molar-refractivity contribution in [2.45, 2.75) is 37.5 Å². The van der Waals surface area contributed by atoms with Crippen molar-refractivity contribution in [2.75, 3.05) is 31.9 Å². The molecule has 1 aromatic rings. The summed E-state index contributed by atoms with van der Waals surface area (Å²) in [5.41, 5.74) is 1.18. The van der Waals surface area contributed by atoms with Gasteiger partial charge in [0.05, 0.1) is 5.75 Å². The molecule has 0 N–H and O–H groups in total. The van der Waals surface area contributed by atoms with E-state index in [1.54, 1.807) is 11.8 Å². The topological polar surface area (TPSA) is 40.6 Å². The molecule has 0 atom stereocenters. The summed E-state index contributed by atoms with van der Waals surface area (Å²) in [6, 6.07) is 6.13. The fourth-order valence-corrected chi connectivity index (χ4v) is 5.00. The van der Waals surface area contributed by atoms with Gasteiger partial charge in [-0.25, -0.2) is 0 Å². The van der Waals surface area contributed by atoms with Crippen molar-refractivity contribution in [1.29, 1.82) is 0 Å². The van der Waals surface area contributed by atoms with E-state index in [2.05, 4.69) is 35.0 Å². The van der Waals surface area contributed by atoms with Gasteiger partial charge in [-0.05, 0) is 43.5 Å². The molecule has 1 saturated carbocycles. The van der Waals surface area contributed by atoms with Crippen LogP contribution >= 0.6 is 27.7 Å². The van der Waals surface area contributed by atoms with Gasteiger partial charge in [-0.15, -0.1) is 11.8 Å². The van der Waals surface area contributed by atoms with Crippen LogP contribution in [0.4, 0.5) is 0 Å². The molecule has 1 aliphatic carbocycles. The molecule has 1 aliphatic heterocycles. The highest BCUT2D eigenvalue weighted by atomic mass is 79.9. The van der Waals surface area contributed by atoms with E-state index in [-0.39, 0.29) is 11.8 Å². The molecule has 3 rings (SSSR count). The lowest BCUT2D eigenvalue weighted by molar-refractivity contribution is -0.141. The largest absolute Gasteiger partial charge is 0.339 e. The minimum atomic E-state index is 0.167. The molecule has 0 spiro atoms. The van der Waals surface area contributed by atoms with Gasteiger partial charge in [0.25, 0.3) is 0 Å². The van der Waals surface area contributed by atoms with E-state index in [1.807, 2.05) is 15.9 Å². The normalized spacial score (nSPS) is 18.6. The zero-order chi connectivity index (χ0) is 17.8. The number of aryl methyl sites for hydroxylation is 1. The molecule has 6 heteroatoms. The third-order valence-electron chi connectivity index (χ3n) is 5.14. The Balaban J connectivity index is 1.45. The Kier molecular flexibility index (Phi) is 6.44. The second-order valence-electron chi connectivity index (χ2n) is 6.89. The van der Waals surface area contributed by atoms with Gasteiger partial charge in [0.2, 0.25) is 11.8 Å². The van der Waals surface area contributed by atoms with E-state index in [4.69, 9.17) is 0 Å². The quantitative estimate of drug-likeness (QED) is 0.691. The summed E-state index contributed by atoms with van der Waals surface area (Å²) in [4.78, 5) is 30.0. The SMILES string of the molecule is Cc1cc(Br)ccc1SCC(=O)N1CCN(C(=O)C2CCCC2)CC1.